The van der Waals surface area contributed by atoms with Gasteiger partial charge < -0.3 is 14.8 Å². The molecule has 0 aliphatic carbocycles. The molecule has 1 aliphatic rings. The van der Waals surface area contributed by atoms with Crippen molar-refractivity contribution in [1.82, 2.24) is 10.3 Å². The lowest BCUT2D eigenvalue weighted by Crippen LogP contribution is -2.39. The van der Waals surface area contributed by atoms with E-state index in [1.165, 1.54) is 6.20 Å². The predicted molar refractivity (Wildman–Crippen MR) is 71.3 cm³/mol. The maximum atomic E-state index is 12.0. The van der Waals surface area contributed by atoms with Gasteiger partial charge in [0, 0.05) is 32.0 Å². The summed E-state index contributed by atoms with van der Waals surface area (Å²) in [5.41, 5.74) is 0.685. The lowest BCUT2D eigenvalue weighted by atomic mass is 9.82. The summed E-state index contributed by atoms with van der Waals surface area (Å²) < 4.78 is 10.3. The smallest absolute Gasteiger partial charge is 0.252 e. The van der Waals surface area contributed by atoms with Crippen molar-refractivity contribution in [1.29, 1.82) is 0 Å². The molecule has 0 radical (unpaired) electrons. The summed E-state index contributed by atoms with van der Waals surface area (Å²) in [6.07, 6.45) is 3.49. The minimum Gasteiger partial charge on any atom is -0.481 e. The van der Waals surface area contributed by atoms with Crippen LogP contribution >= 0.6 is 0 Å². The molecule has 0 aromatic carbocycles. The molecule has 1 aromatic heterocycles. The van der Waals surface area contributed by atoms with Gasteiger partial charge in [-0.2, -0.15) is 0 Å². The standard InChI is InChI=1S/C14H20N2O3/c1-14(5-7-19-8-6-14)10-16-13(17)11-3-4-12(18-2)15-9-11/h3-4,9H,5-8,10H2,1-2H3,(H,16,17). The highest BCUT2D eigenvalue weighted by atomic mass is 16.5. The van der Waals surface area contributed by atoms with E-state index in [1.54, 1.807) is 19.2 Å². The third-order valence-electron chi connectivity index (χ3n) is 3.58. The van der Waals surface area contributed by atoms with E-state index in [0.717, 1.165) is 26.1 Å². The van der Waals surface area contributed by atoms with Gasteiger partial charge in [0.2, 0.25) is 5.88 Å². The van der Waals surface area contributed by atoms with Gasteiger partial charge in [0.15, 0.2) is 0 Å². The molecule has 5 nitrogen and oxygen atoms in total. The molecule has 2 rings (SSSR count). The molecule has 19 heavy (non-hydrogen) atoms. The normalized spacial score (nSPS) is 17.8. The van der Waals surface area contributed by atoms with E-state index in [4.69, 9.17) is 9.47 Å². The zero-order valence-corrected chi connectivity index (χ0v) is 11.4. The van der Waals surface area contributed by atoms with Crippen LogP contribution in [0.4, 0.5) is 0 Å². The first-order valence-corrected chi connectivity index (χ1v) is 6.49. The molecule has 0 bridgehead atoms. The number of hydrogen-bond donors (Lipinski definition) is 1. The lowest BCUT2D eigenvalue weighted by molar-refractivity contribution is 0.0238. The molecule has 0 atom stereocenters. The van der Waals surface area contributed by atoms with Crippen LogP contribution in [-0.4, -0.2) is 37.8 Å². The molecular formula is C14H20N2O3. The quantitative estimate of drug-likeness (QED) is 0.898. The van der Waals surface area contributed by atoms with Crippen LogP contribution in [0.2, 0.25) is 0 Å². The molecule has 104 valence electrons. The maximum Gasteiger partial charge on any atom is 0.252 e. The van der Waals surface area contributed by atoms with Crippen LogP contribution in [0.5, 0.6) is 5.88 Å². The Bertz CT molecular complexity index is 425. The maximum absolute atomic E-state index is 12.0. The predicted octanol–water partition coefficient (Wildman–Crippen LogP) is 1.64. The van der Waals surface area contributed by atoms with Crippen molar-refractivity contribution in [2.24, 2.45) is 5.41 Å². The zero-order chi connectivity index (χ0) is 13.7. The number of pyridine rings is 1. The number of rotatable bonds is 4. The summed E-state index contributed by atoms with van der Waals surface area (Å²) in [4.78, 5) is 16.0. The molecule has 2 heterocycles. The summed E-state index contributed by atoms with van der Waals surface area (Å²) in [5.74, 6) is 0.413. The molecule has 1 N–H and O–H groups in total. The van der Waals surface area contributed by atoms with Crippen molar-refractivity contribution < 1.29 is 14.3 Å². The lowest BCUT2D eigenvalue weighted by Gasteiger charge is -2.33. The van der Waals surface area contributed by atoms with Crippen LogP contribution in [0.15, 0.2) is 18.3 Å². The minimum atomic E-state index is -0.0946. The third kappa shape index (κ3) is 3.67. The summed E-state index contributed by atoms with van der Waals surface area (Å²) in [6.45, 7) is 4.40. The van der Waals surface area contributed by atoms with E-state index in [1.807, 2.05) is 0 Å². The van der Waals surface area contributed by atoms with Gasteiger partial charge >= 0.3 is 0 Å². The van der Waals surface area contributed by atoms with Gasteiger partial charge in [0.25, 0.3) is 5.91 Å². The highest BCUT2D eigenvalue weighted by Gasteiger charge is 2.27. The van der Waals surface area contributed by atoms with Gasteiger partial charge in [-0.05, 0) is 24.3 Å². The summed E-state index contributed by atoms with van der Waals surface area (Å²) >= 11 is 0. The number of nitrogens with one attached hydrogen (secondary N) is 1. The van der Waals surface area contributed by atoms with Crippen molar-refractivity contribution in [3.63, 3.8) is 0 Å². The summed E-state index contributed by atoms with van der Waals surface area (Å²) in [6, 6.07) is 3.40. The SMILES string of the molecule is COc1ccc(C(=O)NCC2(C)CCOCC2)cn1. The molecule has 0 spiro atoms. The second-order valence-corrected chi connectivity index (χ2v) is 5.19. The number of methoxy groups -OCH3 is 1. The van der Waals surface area contributed by atoms with Gasteiger partial charge in [-0.25, -0.2) is 4.98 Å². The monoisotopic (exact) mass is 264 g/mol. The second-order valence-electron chi connectivity index (χ2n) is 5.19. The van der Waals surface area contributed by atoms with E-state index in [9.17, 15) is 4.79 Å². The largest absolute Gasteiger partial charge is 0.481 e. The van der Waals surface area contributed by atoms with Crippen molar-refractivity contribution in [3.8, 4) is 5.88 Å². The number of aromatic nitrogens is 1. The third-order valence-corrected chi connectivity index (χ3v) is 3.58. The van der Waals surface area contributed by atoms with Crippen LogP contribution in [0.25, 0.3) is 0 Å². The van der Waals surface area contributed by atoms with Crippen LogP contribution < -0.4 is 10.1 Å². The van der Waals surface area contributed by atoms with Crippen molar-refractivity contribution in [2.75, 3.05) is 26.9 Å². The van der Waals surface area contributed by atoms with E-state index < -0.39 is 0 Å². The average molecular weight is 264 g/mol. The van der Waals surface area contributed by atoms with E-state index in [-0.39, 0.29) is 11.3 Å². The molecule has 1 amide bonds. The Morgan fingerprint density at radius 3 is 2.79 bits per heavy atom. The molecule has 0 saturated carbocycles. The fourth-order valence-corrected chi connectivity index (χ4v) is 2.07. The first-order valence-electron chi connectivity index (χ1n) is 6.49. The van der Waals surface area contributed by atoms with Gasteiger partial charge in [-0.15, -0.1) is 0 Å². The second kappa shape index (κ2) is 6.02. The molecule has 1 aliphatic heterocycles. The Balaban J connectivity index is 1.89. The highest BCUT2D eigenvalue weighted by molar-refractivity contribution is 5.93. The topological polar surface area (TPSA) is 60.5 Å². The molecule has 5 heteroatoms. The van der Waals surface area contributed by atoms with Gasteiger partial charge in [0.1, 0.15) is 0 Å². The van der Waals surface area contributed by atoms with E-state index in [0.29, 0.717) is 18.0 Å². The Labute approximate surface area is 113 Å². The number of ether oxygens (including phenoxy) is 2. The van der Waals surface area contributed by atoms with Crippen LogP contribution in [0, 0.1) is 5.41 Å². The first kappa shape index (κ1) is 13.8. The summed E-state index contributed by atoms with van der Waals surface area (Å²) in [5, 5.41) is 2.97. The van der Waals surface area contributed by atoms with Crippen LogP contribution in [-0.2, 0) is 4.74 Å². The van der Waals surface area contributed by atoms with Crippen molar-refractivity contribution in [3.05, 3.63) is 23.9 Å². The van der Waals surface area contributed by atoms with Crippen molar-refractivity contribution in [2.45, 2.75) is 19.8 Å². The summed E-state index contributed by atoms with van der Waals surface area (Å²) in [7, 11) is 1.55. The minimum absolute atomic E-state index is 0.0946. The number of carbonyl (C=O) groups excluding carboxylic acids is 1. The Kier molecular flexibility index (Phi) is 4.37. The highest BCUT2D eigenvalue weighted by Crippen LogP contribution is 2.28. The molecule has 1 aromatic rings. The fourth-order valence-electron chi connectivity index (χ4n) is 2.07. The van der Waals surface area contributed by atoms with Gasteiger partial charge in [-0.3, -0.25) is 4.79 Å². The molecule has 1 saturated heterocycles. The van der Waals surface area contributed by atoms with Gasteiger partial charge in [0.05, 0.1) is 12.7 Å². The average Bonchev–Trinajstić information content (AvgIpc) is 2.46. The Hall–Kier alpha value is -1.62. The van der Waals surface area contributed by atoms with Crippen LogP contribution in [0.1, 0.15) is 30.1 Å². The molecule has 0 unspecified atom stereocenters. The fraction of sp³-hybridized carbons (Fsp3) is 0.571. The van der Waals surface area contributed by atoms with Gasteiger partial charge in [-0.1, -0.05) is 6.92 Å². The number of carbonyl (C=O) groups is 1. The Morgan fingerprint density at radius 2 is 2.21 bits per heavy atom. The number of hydrogen-bond acceptors (Lipinski definition) is 4. The number of amides is 1. The number of nitrogens with zero attached hydrogens (tertiary/aromatic N) is 1. The first-order chi connectivity index (χ1) is 9.13. The molecule has 1 fully saturated rings. The van der Waals surface area contributed by atoms with E-state index in [2.05, 4.69) is 17.2 Å². The van der Waals surface area contributed by atoms with Crippen molar-refractivity contribution >= 4 is 5.91 Å². The molecular weight excluding hydrogens is 244 g/mol. The van der Waals surface area contributed by atoms with Crippen LogP contribution in [0.3, 0.4) is 0 Å². The zero-order valence-electron chi connectivity index (χ0n) is 11.4. The Morgan fingerprint density at radius 1 is 1.47 bits per heavy atom. The van der Waals surface area contributed by atoms with E-state index >= 15 is 0 Å².